The van der Waals surface area contributed by atoms with Gasteiger partial charge in [-0.1, -0.05) is 87.4 Å². The van der Waals surface area contributed by atoms with Crippen molar-refractivity contribution in [1.82, 2.24) is 14.7 Å². The topological polar surface area (TPSA) is 355 Å². The van der Waals surface area contributed by atoms with E-state index in [1.807, 2.05) is 48.5 Å². The summed E-state index contributed by atoms with van der Waals surface area (Å²) in [6, 6.07) is 28.9. The number of carbonyl (C=O) groups is 5. The maximum atomic E-state index is 12.7. The van der Waals surface area contributed by atoms with Gasteiger partial charge in [0.25, 0.3) is 0 Å². The summed E-state index contributed by atoms with van der Waals surface area (Å²) < 4.78 is 73.2. The van der Waals surface area contributed by atoms with Crippen LogP contribution in [-0.2, 0) is 75.9 Å². The van der Waals surface area contributed by atoms with Gasteiger partial charge in [-0.2, -0.15) is 4.33 Å². The first-order chi connectivity index (χ1) is 40.2. The van der Waals surface area contributed by atoms with Crippen LogP contribution in [0.15, 0.2) is 119 Å². The summed E-state index contributed by atoms with van der Waals surface area (Å²) in [6.45, 7) is -1.90. The highest BCUT2D eigenvalue weighted by atomic mass is 32.2. The number of ether oxygens (including phenoxy) is 5. The van der Waals surface area contributed by atoms with E-state index in [0.717, 1.165) is 71.1 Å². The molecule has 0 aliphatic heterocycles. The smallest absolute Gasteiger partial charge is 0.166 e. The molecular formula is C58H64N3O21S2-7. The predicted octanol–water partition coefficient (Wildman–Crippen LogP) is -0.863. The van der Waals surface area contributed by atoms with Gasteiger partial charge in [-0.05, 0) is 102 Å². The maximum absolute atomic E-state index is 12.7. The van der Waals surface area contributed by atoms with E-state index in [0.29, 0.717) is 23.4 Å². The van der Waals surface area contributed by atoms with E-state index in [-0.39, 0.29) is 73.8 Å². The number of carboxylic acid groups (broad SMARTS) is 5. The standard InChI is InChI=1S/C58H71N3O21S2/c1-3-5-7-40-9-13-43(14-10-40)36-76-47-21-23-50(52(28-47)83-82-81-72)78-38-49(39-79-51-24-22-48(29-53(51)84(73,74)75)77-37-44-15-11-41(12-16-44)8-6-4-2)80-46-19-17-42(18-20-46)27-45(61(34-57(68)69)35-58(70)71)30-59(31-54(62)63)25-26-60(32-55(64)65)33-56(66)67/h9-24,28-29,45,49,72H,3-8,25-27,30-39H2,1-2H3,(H,62,63)(H,64,65)(H,66,67)(H,68,69)(H,70,71)(H,73,74,75)/p-7. The number of hydrogen-bond acceptors (Lipinski definition) is 25. The number of nitrogens with zero attached hydrogens (tertiary/aromatic N) is 3. The first-order valence-corrected chi connectivity index (χ1v) is 28.8. The van der Waals surface area contributed by atoms with Crippen LogP contribution >= 0.6 is 12.0 Å². The fraction of sp³-hybridized carbons (Fsp3) is 0.397. The first kappa shape index (κ1) is 67.3. The molecule has 0 bridgehead atoms. The van der Waals surface area contributed by atoms with E-state index in [9.17, 15) is 67.7 Å². The summed E-state index contributed by atoms with van der Waals surface area (Å²) in [5, 5.41) is 73.0. The third kappa shape index (κ3) is 24.7. The van der Waals surface area contributed by atoms with Crippen LogP contribution in [0.4, 0.5) is 0 Å². The monoisotopic (exact) mass is 1200 g/mol. The Hall–Kier alpha value is -7.53. The number of unbranched alkanes of at least 4 members (excludes halogenated alkanes) is 2. The molecule has 0 aromatic heterocycles. The molecule has 84 heavy (non-hydrogen) atoms. The molecule has 26 heteroatoms. The van der Waals surface area contributed by atoms with Crippen molar-refractivity contribution in [1.29, 1.82) is 0 Å². The van der Waals surface area contributed by atoms with Crippen molar-refractivity contribution < 1.29 is 101 Å². The van der Waals surface area contributed by atoms with Crippen LogP contribution in [0, 0.1) is 0 Å². The summed E-state index contributed by atoms with van der Waals surface area (Å²) >= 11 is 0.514. The number of aryl methyl sites for hydroxylation is 2. The molecule has 0 saturated heterocycles. The average Bonchev–Trinajstić information content (AvgIpc) is 3.20. The van der Waals surface area contributed by atoms with E-state index in [1.165, 1.54) is 59.0 Å². The van der Waals surface area contributed by atoms with Gasteiger partial charge < -0.3 is 83.0 Å². The van der Waals surface area contributed by atoms with Crippen molar-refractivity contribution in [2.45, 2.75) is 93.9 Å². The minimum atomic E-state index is -5.18. The van der Waals surface area contributed by atoms with Crippen molar-refractivity contribution in [2.75, 3.05) is 65.6 Å². The highest BCUT2D eigenvalue weighted by Crippen LogP contribution is 2.35. The summed E-state index contributed by atoms with van der Waals surface area (Å²) in [4.78, 5) is 60.9. The molecule has 0 radical (unpaired) electrons. The lowest BCUT2D eigenvalue weighted by atomic mass is 10.0. The van der Waals surface area contributed by atoms with Crippen molar-refractivity contribution >= 4 is 52.0 Å². The van der Waals surface area contributed by atoms with Gasteiger partial charge in [-0.3, -0.25) is 19.7 Å². The third-order valence-corrected chi connectivity index (χ3v) is 14.2. The van der Waals surface area contributed by atoms with Crippen molar-refractivity contribution in [3.05, 3.63) is 137 Å². The lowest BCUT2D eigenvalue weighted by molar-refractivity contribution is -0.777. The van der Waals surface area contributed by atoms with Crippen LogP contribution in [0.5, 0.6) is 28.7 Å². The highest BCUT2D eigenvalue weighted by Gasteiger charge is 2.25. The number of carbonyl (C=O) groups excluding carboxylic acids is 5. The molecule has 24 nitrogen and oxygen atoms in total. The quantitative estimate of drug-likeness (QED) is 0.0198. The SMILES string of the molecule is CCCCc1ccc(COc2ccc(OCC(COc3ccc(OCc4ccc(CCCC)cc4)cc3S(=O)(=O)[O-])Oc3ccc(CC(CN(CCN(CC(=O)[O-])CC(=O)[O-])CC(=O)[O-])N(CC(=O)[O-])CC(=O)[O-])cc3)c(SOO[O-])c2)cc1. The van der Waals surface area contributed by atoms with Gasteiger partial charge in [-0.15, -0.1) is 0 Å². The predicted molar refractivity (Wildman–Crippen MR) is 286 cm³/mol. The largest absolute Gasteiger partial charge is 0.744 e. The Balaban J connectivity index is 1.42. The van der Waals surface area contributed by atoms with Crippen molar-refractivity contribution in [3.8, 4) is 28.7 Å². The first-order valence-electron chi connectivity index (χ1n) is 26.7. The molecule has 5 aromatic carbocycles. The van der Waals surface area contributed by atoms with Gasteiger partial charge in [-0.25, -0.2) is 8.42 Å². The summed E-state index contributed by atoms with van der Waals surface area (Å²) in [6.07, 6.45) is 4.76. The van der Waals surface area contributed by atoms with Crippen LogP contribution in [0.25, 0.3) is 0 Å². The summed E-state index contributed by atoms with van der Waals surface area (Å²) in [5.74, 6) is -7.93. The minimum absolute atomic E-state index is 0.0616. The van der Waals surface area contributed by atoms with Crippen molar-refractivity contribution in [3.63, 3.8) is 0 Å². The zero-order chi connectivity index (χ0) is 61.0. The number of benzene rings is 5. The number of rotatable bonds is 42. The van der Waals surface area contributed by atoms with Crippen molar-refractivity contribution in [2.24, 2.45) is 0 Å². The van der Waals surface area contributed by atoms with E-state index in [4.69, 9.17) is 23.7 Å². The molecule has 0 heterocycles. The molecule has 456 valence electrons. The molecule has 2 unspecified atom stereocenters. The normalized spacial score (nSPS) is 12.2. The highest BCUT2D eigenvalue weighted by molar-refractivity contribution is 7.94. The zero-order valence-corrected chi connectivity index (χ0v) is 47.8. The number of hydrogen-bond donors (Lipinski definition) is 0. The molecule has 2 atom stereocenters. The van der Waals surface area contributed by atoms with E-state index in [1.54, 1.807) is 6.07 Å². The lowest BCUT2D eigenvalue weighted by Gasteiger charge is -2.37. The van der Waals surface area contributed by atoms with Gasteiger partial charge in [0, 0.05) is 64.5 Å². The Kier molecular flexibility index (Phi) is 28.0. The minimum Gasteiger partial charge on any atom is -0.744 e. The molecule has 5 rings (SSSR count). The summed E-state index contributed by atoms with van der Waals surface area (Å²) in [5.41, 5.74) is 4.46. The van der Waals surface area contributed by atoms with E-state index in [2.05, 4.69) is 23.2 Å². The van der Waals surface area contributed by atoms with Crippen LogP contribution in [-0.4, -0.2) is 135 Å². The number of aliphatic carboxylic acids is 5. The molecular weight excluding hydrogens is 1140 g/mol. The van der Waals surface area contributed by atoms with Gasteiger partial charge in [0.05, 0.1) is 51.7 Å². The Morgan fingerprint density at radius 2 is 0.976 bits per heavy atom. The van der Waals surface area contributed by atoms with Gasteiger partial charge in [0.1, 0.15) is 65.3 Å². The molecule has 0 amide bonds. The Morgan fingerprint density at radius 1 is 0.536 bits per heavy atom. The fourth-order valence-electron chi connectivity index (χ4n) is 8.59. The zero-order valence-electron chi connectivity index (χ0n) is 46.2. The van der Waals surface area contributed by atoms with Crippen LogP contribution in [0.1, 0.15) is 67.3 Å². The molecule has 0 aliphatic carbocycles. The number of carboxylic acids is 5. The molecule has 0 saturated carbocycles. The third-order valence-electron chi connectivity index (χ3n) is 12.7. The van der Waals surface area contributed by atoms with E-state index < -0.39 is 96.3 Å². The second-order valence-electron chi connectivity index (χ2n) is 19.4. The second kappa shape index (κ2) is 34.9. The van der Waals surface area contributed by atoms with Crippen LogP contribution in [0.3, 0.4) is 0 Å². The molecule has 0 fully saturated rings. The average molecular weight is 1200 g/mol. The van der Waals surface area contributed by atoms with Crippen LogP contribution < -0.4 is 54.5 Å². The Labute approximate surface area is 490 Å². The molecule has 0 N–H and O–H groups in total. The maximum Gasteiger partial charge on any atom is 0.166 e. The molecule has 0 spiro atoms. The van der Waals surface area contributed by atoms with E-state index >= 15 is 0 Å². The lowest BCUT2D eigenvalue weighted by Crippen LogP contribution is -2.55. The summed E-state index contributed by atoms with van der Waals surface area (Å²) in [7, 11) is -5.18. The fourth-order valence-corrected chi connectivity index (χ4v) is 9.70. The molecule has 5 aromatic rings. The molecule has 0 aliphatic rings. The van der Waals surface area contributed by atoms with Gasteiger partial charge in [0.2, 0.25) is 0 Å². The van der Waals surface area contributed by atoms with Gasteiger partial charge in [0.15, 0.2) is 6.10 Å². The van der Waals surface area contributed by atoms with Crippen LogP contribution in [0.2, 0.25) is 0 Å². The second-order valence-corrected chi connectivity index (χ2v) is 21.5. The Bertz CT molecular complexity index is 2970. The van der Waals surface area contributed by atoms with Gasteiger partial charge >= 0.3 is 0 Å². The Morgan fingerprint density at radius 3 is 1.46 bits per heavy atom.